The zero-order valence-corrected chi connectivity index (χ0v) is 23.5. The summed E-state index contributed by atoms with van der Waals surface area (Å²) in [6, 6.07) is 20.8. The summed E-state index contributed by atoms with van der Waals surface area (Å²) in [6.45, 7) is 1.45. The molecule has 1 fully saturated rings. The average molecular weight is 581 g/mol. The third kappa shape index (κ3) is 4.95. The van der Waals surface area contributed by atoms with Crippen molar-refractivity contribution >= 4 is 43.5 Å². The Morgan fingerprint density at radius 1 is 0.725 bits per heavy atom. The standard InChI is InChI=1S/C28H28N4O6S2/c1-21-15-17-24(18-16-21)40(37,38)29-19-9-14-25(31(27(29)33)22-10-5-3-6-11-22)26-20-30(39(2,35)36)28(34)32(26)23-12-7-4-8-13-23/h3-8,10-18,26H,9,19-20H2,1-2H3. The van der Waals surface area contributed by atoms with Crippen molar-refractivity contribution in [1.82, 2.24) is 8.61 Å². The predicted molar refractivity (Wildman–Crippen MR) is 152 cm³/mol. The molecule has 1 saturated heterocycles. The second-order valence-electron chi connectivity index (χ2n) is 9.56. The van der Waals surface area contributed by atoms with Crippen LogP contribution in [0.2, 0.25) is 0 Å². The number of urea groups is 2. The molecule has 0 spiro atoms. The molecule has 2 aliphatic rings. The molecule has 5 rings (SSSR count). The number of nitrogens with zero attached hydrogens (tertiary/aromatic N) is 4. The zero-order valence-electron chi connectivity index (χ0n) is 21.9. The van der Waals surface area contributed by atoms with Crippen LogP contribution in [0, 0.1) is 6.92 Å². The Bertz CT molecular complexity index is 1680. The molecule has 0 aliphatic carbocycles. The van der Waals surface area contributed by atoms with E-state index in [2.05, 4.69) is 0 Å². The van der Waals surface area contributed by atoms with Gasteiger partial charge >= 0.3 is 12.1 Å². The Kier molecular flexibility index (Phi) is 7.15. The Balaban J connectivity index is 1.64. The van der Waals surface area contributed by atoms with Gasteiger partial charge in [0.15, 0.2) is 0 Å². The van der Waals surface area contributed by atoms with Gasteiger partial charge in [-0.1, -0.05) is 60.2 Å². The van der Waals surface area contributed by atoms with E-state index in [0.717, 1.165) is 20.4 Å². The summed E-state index contributed by atoms with van der Waals surface area (Å²) in [5.41, 5.74) is 2.00. The summed E-state index contributed by atoms with van der Waals surface area (Å²) >= 11 is 0. The Morgan fingerprint density at radius 3 is 1.88 bits per heavy atom. The fraction of sp³-hybridized carbons (Fsp3) is 0.214. The summed E-state index contributed by atoms with van der Waals surface area (Å²) in [5, 5.41) is 0. The van der Waals surface area contributed by atoms with E-state index in [1.807, 2.05) is 6.92 Å². The fourth-order valence-electron chi connectivity index (χ4n) is 4.87. The summed E-state index contributed by atoms with van der Waals surface area (Å²) < 4.78 is 54.2. The summed E-state index contributed by atoms with van der Waals surface area (Å²) in [4.78, 5) is 30.3. The van der Waals surface area contributed by atoms with Crippen LogP contribution in [0.1, 0.15) is 12.0 Å². The molecule has 1 unspecified atom stereocenters. The van der Waals surface area contributed by atoms with Crippen LogP contribution in [-0.2, 0) is 20.0 Å². The molecule has 1 atom stereocenters. The number of amides is 4. The maximum atomic E-state index is 14.2. The van der Waals surface area contributed by atoms with E-state index in [-0.39, 0.29) is 24.4 Å². The van der Waals surface area contributed by atoms with E-state index in [4.69, 9.17) is 0 Å². The van der Waals surface area contributed by atoms with Crippen LogP contribution < -0.4 is 9.80 Å². The molecule has 2 aliphatic heterocycles. The molecule has 0 radical (unpaired) electrons. The van der Waals surface area contributed by atoms with Crippen LogP contribution in [0.25, 0.3) is 0 Å². The lowest BCUT2D eigenvalue weighted by molar-refractivity contribution is 0.231. The lowest BCUT2D eigenvalue weighted by Gasteiger charge is -2.34. The lowest BCUT2D eigenvalue weighted by Crippen LogP contribution is -2.49. The molecule has 40 heavy (non-hydrogen) atoms. The van der Waals surface area contributed by atoms with Crippen LogP contribution in [0.3, 0.4) is 0 Å². The second-order valence-corrected chi connectivity index (χ2v) is 13.3. The van der Waals surface area contributed by atoms with Gasteiger partial charge < -0.3 is 0 Å². The van der Waals surface area contributed by atoms with Gasteiger partial charge in [-0.3, -0.25) is 9.80 Å². The number of carbonyl (C=O) groups excluding carboxylic acids is 2. The SMILES string of the molecule is Cc1ccc(S(=O)(=O)N2CCC=C(C3CN(S(C)(=O)=O)C(=O)N3c3ccccc3)N(c3ccccc3)C2=O)cc1. The third-order valence-electron chi connectivity index (χ3n) is 6.82. The lowest BCUT2D eigenvalue weighted by atomic mass is 10.1. The first-order chi connectivity index (χ1) is 19.0. The van der Waals surface area contributed by atoms with Gasteiger partial charge in [-0.25, -0.2) is 35.0 Å². The number of hydrogen-bond acceptors (Lipinski definition) is 6. The minimum atomic E-state index is -4.23. The fourth-order valence-corrected chi connectivity index (χ4v) is 7.02. The number of rotatable bonds is 6. The molecular formula is C28H28N4O6S2. The first-order valence-electron chi connectivity index (χ1n) is 12.5. The van der Waals surface area contributed by atoms with Gasteiger partial charge in [0, 0.05) is 17.9 Å². The summed E-state index contributed by atoms with van der Waals surface area (Å²) in [5.74, 6) is 0. The normalized spacial score (nSPS) is 18.6. The maximum Gasteiger partial charge on any atom is 0.342 e. The minimum absolute atomic E-state index is 0.0203. The predicted octanol–water partition coefficient (Wildman–Crippen LogP) is 4.17. The Hall–Kier alpha value is -4.16. The quantitative estimate of drug-likeness (QED) is 0.432. The van der Waals surface area contributed by atoms with E-state index >= 15 is 0 Å². The van der Waals surface area contributed by atoms with Gasteiger partial charge in [0.2, 0.25) is 10.0 Å². The van der Waals surface area contributed by atoms with E-state index in [1.54, 1.807) is 78.9 Å². The van der Waals surface area contributed by atoms with Crippen molar-refractivity contribution < 1.29 is 26.4 Å². The number of hydrogen-bond donors (Lipinski definition) is 0. The van der Waals surface area contributed by atoms with Gasteiger partial charge in [0.25, 0.3) is 10.0 Å². The first kappa shape index (κ1) is 27.4. The van der Waals surface area contributed by atoms with Crippen molar-refractivity contribution in [3.8, 4) is 0 Å². The summed E-state index contributed by atoms with van der Waals surface area (Å²) in [6.07, 6.45) is 2.81. The molecule has 0 bridgehead atoms. The molecule has 208 valence electrons. The molecule has 0 N–H and O–H groups in total. The summed E-state index contributed by atoms with van der Waals surface area (Å²) in [7, 11) is -8.17. The molecule has 4 amide bonds. The van der Waals surface area contributed by atoms with Gasteiger partial charge in [-0.05, 0) is 49.7 Å². The highest BCUT2D eigenvalue weighted by atomic mass is 32.2. The van der Waals surface area contributed by atoms with Crippen molar-refractivity contribution in [2.75, 3.05) is 29.1 Å². The number of para-hydroxylation sites is 2. The van der Waals surface area contributed by atoms with Crippen molar-refractivity contribution in [2.24, 2.45) is 0 Å². The smallest absolute Gasteiger partial charge is 0.283 e. The number of benzene rings is 3. The van der Waals surface area contributed by atoms with Crippen molar-refractivity contribution in [3.63, 3.8) is 0 Å². The van der Waals surface area contributed by atoms with Gasteiger partial charge in [0.05, 0.1) is 29.4 Å². The molecule has 2 heterocycles. The van der Waals surface area contributed by atoms with Crippen LogP contribution in [0.5, 0.6) is 0 Å². The molecule has 12 heteroatoms. The highest BCUT2D eigenvalue weighted by molar-refractivity contribution is 7.89. The highest BCUT2D eigenvalue weighted by Gasteiger charge is 2.48. The maximum absolute atomic E-state index is 14.2. The molecule has 3 aromatic carbocycles. The van der Waals surface area contributed by atoms with Gasteiger partial charge in [-0.15, -0.1) is 0 Å². The average Bonchev–Trinajstić information content (AvgIpc) is 3.18. The Morgan fingerprint density at radius 2 is 1.30 bits per heavy atom. The topological polar surface area (TPSA) is 115 Å². The van der Waals surface area contributed by atoms with E-state index < -0.39 is 38.2 Å². The zero-order chi connectivity index (χ0) is 28.7. The molecular weight excluding hydrogens is 552 g/mol. The Labute approximate surface area is 233 Å². The molecule has 3 aromatic rings. The number of aryl methyl sites for hydroxylation is 1. The van der Waals surface area contributed by atoms with E-state index in [0.29, 0.717) is 17.1 Å². The van der Waals surface area contributed by atoms with E-state index in [9.17, 15) is 26.4 Å². The number of carbonyl (C=O) groups is 2. The second kappa shape index (κ2) is 10.4. The molecule has 0 aromatic heterocycles. The van der Waals surface area contributed by atoms with Crippen molar-refractivity contribution in [1.29, 1.82) is 0 Å². The number of anilines is 2. The number of sulfonamides is 2. The van der Waals surface area contributed by atoms with Gasteiger partial charge in [0.1, 0.15) is 0 Å². The molecule has 0 saturated carbocycles. The monoisotopic (exact) mass is 580 g/mol. The highest BCUT2D eigenvalue weighted by Crippen LogP contribution is 2.36. The third-order valence-corrected chi connectivity index (χ3v) is 9.71. The molecule has 10 nitrogen and oxygen atoms in total. The van der Waals surface area contributed by atoms with Gasteiger partial charge in [-0.2, -0.15) is 0 Å². The van der Waals surface area contributed by atoms with Crippen LogP contribution in [0.15, 0.2) is 102 Å². The van der Waals surface area contributed by atoms with Crippen molar-refractivity contribution in [2.45, 2.75) is 24.3 Å². The van der Waals surface area contributed by atoms with E-state index in [1.165, 1.54) is 21.9 Å². The van der Waals surface area contributed by atoms with Crippen LogP contribution in [-0.4, -0.2) is 62.9 Å². The van der Waals surface area contributed by atoms with Crippen LogP contribution >= 0.6 is 0 Å². The van der Waals surface area contributed by atoms with Crippen molar-refractivity contribution in [3.05, 3.63) is 102 Å². The largest absolute Gasteiger partial charge is 0.342 e. The first-order valence-corrected chi connectivity index (χ1v) is 15.8. The van der Waals surface area contributed by atoms with Crippen LogP contribution in [0.4, 0.5) is 21.0 Å². The minimum Gasteiger partial charge on any atom is -0.283 e.